The molecule has 2 aromatic carbocycles. The van der Waals surface area contributed by atoms with Crippen molar-refractivity contribution in [2.24, 2.45) is 5.41 Å². The lowest BCUT2D eigenvalue weighted by molar-refractivity contribution is -0.154. The fraction of sp³-hybridized carbons (Fsp3) is 0.304. The number of hydrogen-bond acceptors (Lipinski definition) is 5. The van der Waals surface area contributed by atoms with Crippen molar-refractivity contribution in [1.82, 2.24) is 0 Å². The Labute approximate surface area is 195 Å². The van der Waals surface area contributed by atoms with Crippen molar-refractivity contribution in [2.75, 3.05) is 0 Å². The summed E-state index contributed by atoms with van der Waals surface area (Å²) < 4.78 is 57.9. The highest BCUT2D eigenvalue weighted by atomic mass is 127. The van der Waals surface area contributed by atoms with Crippen LogP contribution in [0.3, 0.4) is 0 Å². The second-order valence-electron chi connectivity index (χ2n) is 8.09. The Morgan fingerprint density at radius 3 is 2.25 bits per heavy atom. The summed E-state index contributed by atoms with van der Waals surface area (Å²) in [6.07, 6.45) is -4.62. The lowest BCUT2D eigenvalue weighted by atomic mass is 9.97. The molecule has 0 radical (unpaired) electrons. The Hall–Kier alpha value is -2.56. The van der Waals surface area contributed by atoms with E-state index >= 15 is 0 Å². The quantitative estimate of drug-likeness (QED) is 0.201. The van der Waals surface area contributed by atoms with Gasteiger partial charge in [-0.15, -0.1) is 0 Å². The van der Waals surface area contributed by atoms with E-state index < -0.39 is 34.5 Å². The molecule has 0 aliphatic rings. The summed E-state index contributed by atoms with van der Waals surface area (Å²) in [5.41, 5.74) is -1.68. The SMILES string of the molecule is CCc1cc2c(=O)c(Oc3ccc(I)cc3)c(C(F)(F)F)oc2cc1OC(=O)C(C)(C)C. The second kappa shape index (κ2) is 8.76. The number of hydrogen-bond donors (Lipinski definition) is 0. The van der Waals surface area contributed by atoms with Crippen LogP contribution in [0.25, 0.3) is 11.0 Å². The first-order valence-electron chi connectivity index (χ1n) is 9.68. The Morgan fingerprint density at radius 1 is 1.09 bits per heavy atom. The van der Waals surface area contributed by atoms with E-state index in [2.05, 4.69) is 0 Å². The summed E-state index contributed by atoms with van der Waals surface area (Å²) in [6, 6.07) is 8.69. The molecular formula is C23H20F3IO5. The highest BCUT2D eigenvalue weighted by Gasteiger charge is 2.40. The summed E-state index contributed by atoms with van der Waals surface area (Å²) in [5.74, 6) is -2.97. The zero-order valence-electron chi connectivity index (χ0n) is 17.7. The first-order valence-corrected chi connectivity index (χ1v) is 10.8. The number of benzene rings is 2. The van der Waals surface area contributed by atoms with E-state index in [0.717, 1.165) is 9.64 Å². The fourth-order valence-electron chi connectivity index (χ4n) is 2.77. The van der Waals surface area contributed by atoms with E-state index in [4.69, 9.17) is 13.9 Å². The molecule has 0 amide bonds. The summed E-state index contributed by atoms with van der Waals surface area (Å²) >= 11 is 2.04. The van der Waals surface area contributed by atoms with Crippen LogP contribution in [0.4, 0.5) is 13.2 Å². The average molecular weight is 560 g/mol. The van der Waals surface area contributed by atoms with Gasteiger partial charge in [-0.3, -0.25) is 9.59 Å². The number of ether oxygens (including phenoxy) is 2. The molecule has 170 valence electrons. The van der Waals surface area contributed by atoms with Crippen LogP contribution in [0.1, 0.15) is 39.0 Å². The number of esters is 1. The molecule has 1 heterocycles. The van der Waals surface area contributed by atoms with Crippen LogP contribution < -0.4 is 14.9 Å². The number of rotatable bonds is 4. The summed E-state index contributed by atoms with van der Waals surface area (Å²) in [6.45, 7) is 6.72. The Kier molecular flexibility index (Phi) is 6.60. The molecule has 0 atom stereocenters. The van der Waals surface area contributed by atoms with Gasteiger partial charge in [-0.25, -0.2) is 0 Å². The van der Waals surface area contributed by atoms with E-state index in [1.807, 2.05) is 22.6 Å². The molecule has 0 spiro atoms. The lowest BCUT2D eigenvalue weighted by Crippen LogP contribution is -2.26. The van der Waals surface area contributed by atoms with Gasteiger partial charge in [0.2, 0.25) is 11.2 Å². The summed E-state index contributed by atoms with van der Waals surface area (Å²) in [4.78, 5) is 25.3. The van der Waals surface area contributed by atoms with Crippen LogP contribution >= 0.6 is 22.6 Å². The van der Waals surface area contributed by atoms with Crippen molar-refractivity contribution in [3.05, 3.63) is 61.5 Å². The molecular weight excluding hydrogens is 540 g/mol. The lowest BCUT2D eigenvalue weighted by Gasteiger charge is -2.19. The molecule has 0 bridgehead atoms. The maximum atomic E-state index is 13.7. The second-order valence-corrected chi connectivity index (χ2v) is 9.34. The van der Waals surface area contributed by atoms with Crippen molar-refractivity contribution in [2.45, 2.75) is 40.3 Å². The highest BCUT2D eigenvalue weighted by molar-refractivity contribution is 14.1. The topological polar surface area (TPSA) is 65.7 Å². The van der Waals surface area contributed by atoms with Gasteiger partial charge in [-0.05, 0) is 85.7 Å². The van der Waals surface area contributed by atoms with E-state index in [-0.39, 0.29) is 22.5 Å². The van der Waals surface area contributed by atoms with Crippen molar-refractivity contribution < 1.29 is 31.9 Å². The third-order valence-corrected chi connectivity index (χ3v) is 5.24. The van der Waals surface area contributed by atoms with Gasteiger partial charge in [0.1, 0.15) is 17.1 Å². The predicted octanol–water partition coefficient (Wildman–Crippen LogP) is 6.72. The van der Waals surface area contributed by atoms with Gasteiger partial charge < -0.3 is 13.9 Å². The first-order chi connectivity index (χ1) is 14.8. The zero-order valence-corrected chi connectivity index (χ0v) is 19.9. The van der Waals surface area contributed by atoms with E-state index in [9.17, 15) is 22.8 Å². The predicted molar refractivity (Wildman–Crippen MR) is 121 cm³/mol. The molecule has 0 aliphatic carbocycles. The van der Waals surface area contributed by atoms with Gasteiger partial charge in [0, 0.05) is 9.64 Å². The molecule has 0 saturated heterocycles. The van der Waals surface area contributed by atoms with Gasteiger partial charge in [0.25, 0.3) is 5.76 Å². The molecule has 9 heteroatoms. The van der Waals surface area contributed by atoms with Crippen LogP contribution in [0.5, 0.6) is 17.2 Å². The monoisotopic (exact) mass is 560 g/mol. The van der Waals surface area contributed by atoms with Crippen LogP contribution in [0, 0.1) is 8.99 Å². The molecule has 0 saturated carbocycles. The Morgan fingerprint density at radius 2 is 1.72 bits per heavy atom. The van der Waals surface area contributed by atoms with Gasteiger partial charge in [0.05, 0.1) is 10.8 Å². The van der Waals surface area contributed by atoms with Crippen molar-refractivity contribution in [3.8, 4) is 17.2 Å². The number of carbonyl (C=O) groups is 1. The number of carbonyl (C=O) groups excluding carboxylic acids is 1. The normalized spacial score (nSPS) is 12.1. The van der Waals surface area contributed by atoms with E-state index in [0.29, 0.717) is 12.0 Å². The molecule has 1 aromatic heterocycles. The van der Waals surface area contributed by atoms with Crippen LogP contribution in [-0.2, 0) is 17.4 Å². The summed E-state index contributed by atoms with van der Waals surface area (Å²) in [5, 5.41) is -0.106. The molecule has 3 rings (SSSR count). The number of halogens is 4. The maximum absolute atomic E-state index is 13.7. The van der Waals surface area contributed by atoms with Crippen molar-refractivity contribution >= 4 is 39.5 Å². The smallest absolute Gasteiger partial charge is 0.449 e. The van der Waals surface area contributed by atoms with Gasteiger partial charge in [-0.1, -0.05) is 6.92 Å². The first kappa shape index (κ1) is 24.1. The third-order valence-electron chi connectivity index (χ3n) is 4.52. The van der Waals surface area contributed by atoms with E-state index in [1.165, 1.54) is 18.2 Å². The van der Waals surface area contributed by atoms with Gasteiger partial charge in [0.15, 0.2) is 0 Å². The van der Waals surface area contributed by atoms with Crippen LogP contribution in [0.2, 0.25) is 0 Å². The Balaban J connectivity index is 2.21. The molecule has 5 nitrogen and oxygen atoms in total. The molecule has 0 unspecified atom stereocenters. The molecule has 0 N–H and O–H groups in total. The number of aryl methyl sites for hydroxylation is 1. The van der Waals surface area contributed by atoms with Gasteiger partial charge in [-0.2, -0.15) is 13.2 Å². The van der Waals surface area contributed by atoms with Crippen LogP contribution in [0.15, 0.2) is 45.6 Å². The standard InChI is InChI=1S/C23H20F3IO5/c1-5-12-10-15-17(11-16(12)32-21(29)22(2,3)4)31-20(23(24,25)26)19(18(15)28)30-14-8-6-13(27)7-9-14/h6-11H,5H2,1-4H3. The highest BCUT2D eigenvalue weighted by Crippen LogP contribution is 2.39. The molecule has 3 aromatic rings. The zero-order chi connectivity index (χ0) is 23.8. The molecule has 32 heavy (non-hydrogen) atoms. The molecule has 0 aliphatic heterocycles. The minimum Gasteiger partial charge on any atom is -0.449 e. The van der Waals surface area contributed by atoms with Crippen molar-refractivity contribution in [3.63, 3.8) is 0 Å². The van der Waals surface area contributed by atoms with Gasteiger partial charge >= 0.3 is 12.1 Å². The average Bonchev–Trinajstić information content (AvgIpc) is 2.69. The number of alkyl halides is 3. The van der Waals surface area contributed by atoms with Crippen LogP contribution in [-0.4, -0.2) is 5.97 Å². The fourth-order valence-corrected chi connectivity index (χ4v) is 3.13. The van der Waals surface area contributed by atoms with E-state index in [1.54, 1.807) is 39.8 Å². The largest absolute Gasteiger partial charge is 0.453 e. The minimum atomic E-state index is -4.99. The number of fused-ring (bicyclic) bond motifs is 1. The maximum Gasteiger partial charge on any atom is 0.453 e. The summed E-state index contributed by atoms with van der Waals surface area (Å²) in [7, 11) is 0. The van der Waals surface area contributed by atoms with Crippen molar-refractivity contribution in [1.29, 1.82) is 0 Å². The molecule has 0 fully saturated rings. The Bertz CT molecular complexity index is 1220. The third kappa shape index (κ3) is 5.08. The minimum absolute atomic E-state index is 0.0440.